The molecule has 0 bridgehead atoms. The van der Waals surface area contributed by atoms with Crippen molar-refractivity contribution < 1.29 is 18.9 Å². The third-order valence-electron chi connectivity index (χ3n) is 4.68. The van der Waals surface area contributed by atoms with Crippen molar-refractivity contribution in [3.05, 3.63) is 84.0 Å². The first-order valence-electron chi connectivity index (χ1n) is 9.67. The minimum absolute atomic E-state index is 0.145. The number of ether oxygens (including phenoxy) is 1. The van der Waals surface area contributed by atoms with Gasteiger partial charge in [-0.2, -0.15) is 4.57 Å². The summed E-state index contributed by atoms with van der Waals surface area (Å²) >= 11 is 1.32. The molecule has 0 unspecified atom stereocenters. The van der Waals surface area contributed by atoms with E-state index in [9.17, 15) is 9.59 Å². The van der Waals surface area contributed by atoms with Gasteiger partial charge in [-0.3, -0.25) is 4.79 Å². The van der Waals surface area contributed by atoms with E-state index in [0.29, 0.717) is 10.6 Å². The highest BCUT2D eigenvalue weighted by Gasteiger charge is 2.23. The lowest BCUT2D eigenvalue weighted by Gasteiger charge is -2.08. The van der Waals surface area contributed by atoms with Gasteiger partial charge in [-0.05, 0) is 23.9 Å². The summed E-state index contributed by atoms with van der Waals surface area (Å²) in [5.74, 6) is -0.645. The molecule has 5 nitrogen and oxygen atoms in total. The van der Waals surface area contributed by atoms with E-state index < -0.39 is 5.97 Å². The maximum absolute atomic E-state index is 12.7. The van der Waals surface area contributed by atoms with E-state index in [0.717, 1.165) is 21.9 Å². The van der Waals surface area contributed by atoms with Crippen molar-refractivity contribution in [2.45, 2.75) is 13.5 Å². The number of thiophene rings is 1. The van der Waals surface area contributed by atoms with E-state index >= 15 is 0 Å². The van der Waals surface area contributed by atoms with Crippen LogP contribution in [0, 0.1) is 0 Å². The van der Waals surface area contributed by atoms with Crippen LogP contribution < -0.4 is 9.88 Å². The average molecular weight is 418 g/mol. The molecule has 30 heavy (non-hydrogen) atoms. The molecule has 1 amide bonds. The molecule has 0 fully saturated rings. The molecular formula is C24H21N2O3S+. The molecule has 0 aliphatic rings. The molecule has 2 heterocycles. The van der Waals surface area contributed by atoms with Crippen LogP contribution >= 0.6 is 11.3 Å². The van der Waals surface area contributed by atoms with Gasteiger partial charge in [-0.1, -0.05) is 48.5 Å². The third kappa shape index (κ3) is 4.23. The van der Waals surface area contributed by atoms with Crippen molar-refractivity contribution in [3.8, 4) is 11.1 Å². The van der Waals surface area contributed by atoms with E-state index in [1.54, 1.807) is 6.92 Å². The minimum atomic E-state index is -0.439. The monoisotopic (exact) mass is 417 g/mol. The Bertz CT molecular complexity index is 1200. The summed E-state index contributed by atoms with van der Waals surface area (Å²) in [6.45, 7) is 2.18. The number of hydrogen-bond acceptors (Lipinski definition) is 4. The molecule has 0 aliphatic heterocycles. The molecule has 6 heteroatoms. The predicted octanol–water partition coefficient (Wildman–Crippen LogP) is 4.67. The van der Waals surface area contributed by atoms with Gasteiger partial charge in [-0.15, -0.1) is 11.3 Å². The molecule has 0 saturated heterocycles. The van der Waals surface area contributed by atoms with Crippen molar-refractivity contribution in [3.63, 3.8) is 0 Å². The molecular weight excluding hydrogens is 396 g/mol. The molecule has 150 valence electrons. The van der Waals surface area contributed by atoms with E-state index in [2.05, 4.69) is 5.32 Å². The number of benzene rings is 2. The predicted molar refractivity (Wildman–Crippen MR) is 118 cm³/mol. The normalized spacial score (nSPS) is 10.7. The Hall–Kier alpha value is -3.51. The first-order valence-corrected chi connectivity index (χ1v) is 10.6. The van der Waals surface area contributed by atoms with Gasteiger partial charge < -0.3 is 10.1 Å². The van der Waals surface area contributed by atoms with Crippen molar-refractivity contribution in [1.82, 2.24) is 0 Å². The van der Waals surface area contributed by atoms with Crippen LogP contribution in [-0.4, -0.2) is 18.5 Å². The topological polar surface area (TPSA) is 59.3 Å². The van der Waals surface area contributed by atoms with Crippen molar-refractivity contribution in [1.29, 1.82) is 0 Å². The number of hydrogen-bond donors (Lipinski definition) is 1. The zero-order valence-electron chi connectivity index (χ0n) is 16.5. The largest absolute Gasteiger partial charge is 0.462 e. The average Bonchev–Trinajstić information content (AvgIpc) is 3.18. The lowest BCUT2D eigenvalue weighted by molar-refractivity contribution is -0.682. The number of anilines is 1. The Balaban J connectivity index is 1.59. The number of pyridine rings is 1. The quantitative estimate of drug-likeness (QED) is 0.366. The van der Waals surface area contributed by atoms with Gasteiger partial charge in [0.15, 0.2) is 12.4 Å². The Morgan fingerprint density at radius 2 is 1.73 bits per heavy atom. The van der Waals surface area contributed by atoms with Crippen LogP contribution in [0.5, 0.6) is 0 Å². The summed E-state index contributed by atoms with van der Waals surface area (Å²) in [5, 5.41) is 7.44. The van der Waals surface area contributed by atoms with E-state index in [1.807, 2.05) is 83.0 Å². The Kier molecular flexibility index (Phi) is 5.86. The Labute approximate surface area is 178 Å². The lowest BCUT2D eigenvalue weighted by atomic mass is 10.0. The smallest absolute Gasteiger partial charge is 0.341 e. The molecule has 0 atom stereocenters. The number of nitrogens with one attached hydrogen (secondary N) is 1. The molecule has 0 radical (unpaired) electrons. The molecule has 4 aromatic rings. The fourth-order valence-electron chi connectivity index (χ4n) is 3.29. The molecule has 0 aliphatic carbocycles. The van der Waals surface area contributed by atoms with Crippen LogP contribution in [-0.2, 0) is 16.1 Å². The Morgan fingerprint density at radius 3 is 2.50 bits per heavy atom. The highest BCUT2D eigenvalue weighted by molar-refractivity contribution is 7.15. The third-order valence-corrected chi connectivity index (χ3v) is 5.58. The first-order chi connectivity index (χ1) is 14.7. The Morgan fingerprint density at radius 1 is 1.00 bits per heavy atom. The van der Waals surface area contributed by atoms with Gasteiger partial charge in [0.25, 0.3) is 5.91 Å². The van der Waals surface area contributed by atoms with Gasteiger partial charge >= 0.3 is 5.97 Å². The molecule has 2 aromatic heterocycles. The number of carbonyl (C=O) groups excluding carboxylic acids is 2. The van der Waals surface area contributed by atoms with Crippen molar-refractivity contribution in [2.75, 3.05) is 11.9 Å². The minimum Gasteiger partial charge on any atom is -0.462 e. The summed E-state index contributed by atoms with van der Waals surface area (Å²) in [6, 6.07) is 19.6. The van der Waals surface area contributed by atoms with Gasteiger partial charge in [-0.25, -0.2) is 4.79 Å². The van der Waals surface area contributed by atoms with E-state index in [4.69, 9.17) is 4.74 Å². The van der Waals surface area contributed by atoms with Crippen LogP contribution in [0.15, 0.2) is 78.4 Å². The fourth-order valence-corrected chi connectivity index (χ4v) is 4.27. The molecule has 2 aromatic carbocycles. The fraction of sp³-hybridized carbons (Fsp3) is 0.125. The second kappa shape index (κ2) is 8.88. The number of rotatable bonds is 6. The maximum atomic E-state index is 12.7. The number of carbonyl (C=O) groups is 2. The highest BCUT2D eigenvalue weighted by atomic mass is 32.1. The number of nitrogens with zero attached hydrogens (tertiary/aromatic N) is 1. The van der Waals surface area contributed by atoms with Crippen molar-refractivity contribution in [2.24, 2.45) is 0 Å². The van der Waals surface area contributed by atoms with Gasteiger partial charge in [0, 0.05) is 22.4 Å². The van der Waals surface area contributed by atoms with Crippen molar-refractivity contribution >= 4 is 39.0 Å². The SMILES string of the molecule is CCOC(=O)c1c(-c2ccccc2)csc1NC(=O)C[n+]1ccc2ccccc2c1. The summed E-state index contributed by atoms with van der Waals surface area (Å²) in [4.78, 5) is 25.4. The second-order valence-corrected chi connectivity index (χ2v) is 7.61. The van der Waals surface area contributed by atoms with E-state index in [-0.39, 0.29) is 19.1 Å². The number of esters is 1. The van der Waals surface area contributed by atoms with Gasteiger partial charge in [0.1, 0.15) is 10.6 Å². The summed E-state index contributed by atoms with van der Waals surface area (Å²) in [6.07, 6.45) is 3.81. The van der Waals surface area contributed by atoms with Gasteiger partial charge in [0.2, 0.25) is 6.54 Å². The molecule has 0 saturated carbocycles. The second-order valence-electron chi connectivity index (χ2n) is 6.73. The maximum Gasteiger partial charge on any atom is 0.341 e. The summed E-state index contributed by atoms with van der Waals surface area (Å²) in [7, 11) is 0. The zero-order valence-corrected chi connectivity index (χ0v) is 17.3. The lowest BCUT2D eigenvalue weighted by Crippen LogP contribution is -2.39. The summed E-state index contributed by atoms with van der Waals surface area (Å²) in [5.41, 5.74) is 2.05. The number of amides is 1. The van der Waals surface area contributed by atoms with Crippen LogP contribution in [0.3, 0.4) is 0 Å². The first kappa shape index (κ1) is 19.8. The highest BCUT2D eigenvalue weighted by Crippen LogP contribution is 2.36. The molecule has 4 rings (SSSR count). The van der Waals surface area contributed by atoms with Crippen LogP contribution in [0.25, 0.3) is 21.9 Å². The number of aromatic nitrogens is 1. The van der Waals surface area contributed by atoms with Crippen LogP contribution in [0.4, 0.5) is 5.00 Å². The van der Waals surface area contributed by atoms with Gasteiger partial charge in [0.05, 0.1) is 6.61 Å². The van der Waals surface area contributed by atoms with Crippen LogP contribution in [0.2, 0.25) is 0 Å². The van der Waals surface area contributed by atoms with E-state index in [1.165, 1.54) is 11.3 Å². The molecule has 0 spiro atoms. The standard InChI is InChI=1S/C24H20N2O3S/c1-2-29-24(28)22-20(18-9-4-3-5-10-18)16-30-23(22)25-21(27)15-26-13-12-17-8-6-7-11-19(17)14-26/h3-14,16H,2,15H2,1H3/p+1. The zero-order chi connectivity index (χ0) is 20.9. The van der Waals surface area contributed by atoms with Crippen LogP contribution in [0.1, 0.15) is 17.3 Å². The number of fused-ring (bicyclic) bond motifs is 1. The summed E-state index contributed by atoms with van der Waals surface area (Å²) < 4.78 is 7.08. The molecule has 1 N–H and O–H groups in total.